The summed E-state index contributed by atoms with van der Waals surface area (Å²) >= 11 is 0. The van der Waals surface area contributed by atoms with Crippen molar-refractivity contribution in [3.8, 4) is 11.8 Å². The molecule has 0 aliphatic heterocycles. The lowest BCUT2D eigenvalue weighted by Gasteiger charge is -2.14. The molecule has 0 radical (unpaired) electrons. The second-order valence-corrected chi connectivity index (χ2v) is 7.80. The minimum absolute atomic E-state index is 0.0512. The number of carbonyl (C=O) groups excluding carboxylic acids is 1. The minimum Gasteiger partial charge on any atom is -0.495 e. The third kappa shape index (κ3) is 4.74. The molecule has 0 saturated heterocycles. The standard InChI is InChI=1S/C21H16FN3O4S/c1-29-20-11-4-15(21(26)24-17-7-5-16(22)6-8-17)12-19(20)25-30(27,28)18-9-2-14(13-23)3-10-18/h2-12,25H,1H3,(H,24,26). The fourth-order valence-electron chi connectivity index (χ4n) is 2.58. The highest BCUT2D eigenvalue weighted by Crippen LogP contribution is 2.28. The topological polar surface area (TPSA) is 108 Å². The van der Waals surface area contributed by atoms with Gasteiger partial charge in [-0.3, -0.25) is 9.52 Å². The second-order valence-electron chi connectivity index (χ2n) is 6.12. The predicted molar refractivity (Wildman–Crippen MR) is 109 cm³/mol. The Bertz CT molecular complexity index is 1220. The summed E-state index contributed by atoms with van der Waals surface area (Å²) in [7, 11) is -2.62. The first-order chi connectivity index (χ1) is 14.3. The van der Waals surface area contributed by atoms with Gasteiger partial charge in [-0.15, -0.1) is 0 Å². The van der Waals surface area contributed by atoms with Crippen molar-refractivity contribution in [1.82, 2.24) is 0 Å². The van der Waals surface area contributed by atoms with Crippen molar-refractivity contribution in [2.45, 2.75) is 4.90 Å². The first kappa shape index (κ1) is 20.8. The normalized spacial score (nSPS) is 10.7. The van der Waals surface area contributed by atoms with Crippen LogP contribution in [0.3, 0.4) is 0 Å². The van der Waals surface area contributed by atoms with Gasteiger partial charge in [0.25, 0.3) is 15.9 Å². The first-order valence-corrected chi connectivity index (χ1v) is 10.1. The monoisotopic (exact) mass is 425 g/mol. The Morgan fingerprint density at radius 2 is 1.70 bits per heavy atom. The molecule has 0 spiro atoms. The van der Waals surface area contributed by atoms with Crippen LogP contribution < -0.4 is 14.8 Å². The van der Waals surface area contributed by atoms with Gasteiger partial charge >= 0.3 is 0 Å². The smallest absolute Gasteiger partial charge is 0.262 e. The molecule has 9 heteroatoms. The fraction of sp³-hybridized carbons (Fsp3) is 0.0476. The van der Waals surface area contributed by atoms with Gasteiger partial charge in [0.05, 0.1) is 29.3 Å². The van der Waals surface area contributed by atoms with Crippen LogP contribution in [0.1, 0.15) is 15.9 Å². The highest BCUT2D eigenvalue weighted by molar-refractivity contribution is 7.92. The summed E-state index contributed by atoms with van der Waals surface area (Å²) in [5, 5.41) is 11.5. The van der Waals surface area contributed by atoms with E-state index in [0.717, 1.165) is 0 Å². The number of hydrogen-bond acceptors (Lipinski definition) is 5. The van der Waals surface area contributed by atoms with E-state index in [9.17, 15) is 17.6 Å². The number of benzene rings is 3. The van der Waals surface area contributed by atoms with E-state index in [1.807, 2.05) is 6.07 Å². The van der Waals surface area contributed by atoms with Crippen LogP contribution >= 0.6 is 0 Å². The highest BCUT2D eigenvalue weighted by atomic mass is 32.2. The maximum atomic E-state index is 13.0. The molecule has 30 heavy (non-hydrogen) atoms. The summed E-state index contributed by atoms with van der Waals surface area (Å²) < 4.78 is 46.0. The minimum atomic E-state index is -3.99. The van der Waals surface area contributed by atoms with Gasteiger partial charge < -0.3 is 10.1 Å². The summed E-state index contributed by atoms with van der Waals surface area (Å²) in [5.41, 5.74) is 0.939. The molecule has 3 rings (SSSR count). The third-order valence-corrected chi connectivity index (χ3v) is 5.48. The van der Waals surface area contributed by atoms with E-state index in [1.54, 1.807) is 0 Å². The van der Waals surface area contributed by atoms with E-state index < -0.39 is 21.7 Å². The second kappa shape index (κ2) is 8.63. The molecular formula is C21H16FN3O4S. The quantitative estimate of drug-likeness (QED) is 0.625. The molecule has 0 aliphatic rings. The Kier molecular flexibility index (Phi) is 5.99. The number of nitrogens with zero attached hydrogens (tertiary/aromatic N) is 1. The average molecular weight is 425 g/mol. The SMILES string of the molecule is COc1ccc(C(=O)Nc2ccc(F)cc2)cc1NS(=O)(=O)c1ccc(C#N)cc1. The average Bonchev–Trinajstić information content (AvgIpc) is 2.75. The Morgan fingerprint density at radius 3 is 2.30 bits per heavy atom. The summed E-state index contributed by atoms with van der Waals surface area (Å²) in [6.07, 6.45) is 0. The number of sulfonamides is 1. The number of carbonyl (C=O) groups is 1. The van der Waals surface area contributed by atoms with Gasteiger partial charge in [-0.25, -0.2) is 12.8 Å². The molecule has 0 unspecified atom stereocenters. The first-order valence-electron chi connectivity index (χ1n) is 8.60. The molecule has 1 amide bonds. The fourth-order valence-corrected chi connectivity index (χ4v) is 3.64. The number of halogens is 1. The van der Waals surface area contributed by atoms with Crippen LogP contribution in [0.25, 0.3) is 0 Å². The van der Waals surface area contributed by atoms with E-state index >= 15 is 0 Å². The van der Waals surface area contributed by atoms with Crippen molar-refractivity contribution >= 4 is 27.3 Å². The van der Waals surface area contributed by atoms with Crippen molar-refractivity contribution in [3.05, 3.63) is 83.7 Å². The summed E-state index contributed by atoms with van der Waals surface area (Å²) in [4.78, 5) is 12.5. The summed E-state index contributed by atoms with van der Waals surface area (Å²) in [6.45, 7) is 0. The molecule has 2 N–H and O–H groups in total. The molecule has 3 aromatic carbocycles. The van der Waals surface area contributed by atoms with Crippen molar-refractivity contribution in [2.75, 3.05) is 17.1 Å². The van der Waals surface area contributed by atoms with Crippen LogP contribution in [-0.4, -0.2) is 21.4 Å². The molecule has 3 aromatic rings. The van der Waals surface area contributed by atoms with Gasteiger partial charge in [0.1, 0.15) is 11.6 Å². The number of amides is 1. The predicted octanol–water partition coefficient (Wildman–Crippen LogP) is 3.76. The molecule has 152 valence electrons. The van der Waals surface area contributed by atoms with Crippen molar-refractivity contribution in [2.24, 2.45) is 0 Å². The van der Waals surface area contributed by atoms with Crippen molar-refractivity contribution in [1.29, 1.82) is 5.26 Å². The van der Waals surface area contributed by atoms with Gasteiger partial charge in [-0.1, -0.05) is 0 Å². The van der Waals surface area contributed by atoms with Crippen LogP contribution in [0, 0.1) is 17.1 Å². The number of nitrogens with one attached hydrogen (secondary N) is 2. The van der Waals surface area contributed by atoms with Gasteiger partial charge in [-0.05, 0) is 66.7 Å². The number of nitriles is 1. The van der Waals surface area contributed by atoms with Crippen LogP contribution in [0.5, 0.6) is 5.75 Å². The zero-order chi connectivity index (χ0) is 21.7. The number of ether oxygens (including phenoxy) is 1. The van der Waals surface area contributed by atoms with Gasteiger partial charge in [0.2, 0.25) is 0 Å². The number of hydrogen-bond donors (Lipinski definition) is 2. The molecule has 0 saturated carbocycles. The van der Waals surface area contributed by atoms with Gasteiger partial charge in [0, 0.05) is 11.3 Å². The van der Waals surface area contributed by atoms with Gasteiger partial charge in [0.15, 0.2) is 0 Å². The van der Waals surface area contributed by atoms with Crippen LogP contribution in [-0.2, 0) is 10.0 Å². The molecule has 0 heterocycles. The van der Waals surface area contributed by atoms with E-state index in [2.05, 4.69) is 10.0 Å². The molecule has 0 atom stereocenters. The zero-order valence-electron chi connectivity index (χ0n) is 15.7. The van der Waals surface area contributed by atoms with Gasteiger partial charge in [-0.2, -0.15) is 5.26 Å². The van der Waals surface area contributed by atoms with E-state index in [4.69, 9.17) is 10.00 Å². The molecule has 0 fully saturated rings. The molecule has 0 aliphatic carbocycles. The van der Waals surface area contributed by atoms with E-state index in [1.165, 1.54) is 73.8 Å². The molecular weight excluding hydrogens is 409 g/mol. The van der Waals surface area contributed by atoms with Crippen LogP contribution in [0.2, 0.25) is 0 Å². The largest absolute Gasteiger partial charge is 0.495 e. The van der Waals surface area contributed by atoms with Crippen molar-refractivity contribution in [3.63, 3.8) is 0 Å². The summed E-state index contributed by atoms with van der Waals surface area (Å²) in [6, 6.07) is 16.8. The summed E-state index contributed by atoms with van der Waals surface area (Å²) in [5.74, 6) is -0.731. The van der Waals surface area contributed by atoms with E-state index in [-0.39, 0.29) is 21.9 Å². The highest BCUT2D eigenvalue weighted by Gasteiger charge is 2.18. The molecule has 0 aromatic heterocycles. The lowest BCUT2D eigenvalue weighted by atomic mass is 10.1. The molecule has 7 nitrogen and oxygen atoms in total. The number of rotatable bonds is 6. The molecule has 0 bridgehead atoms. The van der Waals surface area contributed by atoms with Crippen molar-refractivity contribution < 1.29 is 22.3 Å². The third-order valence-electron chi connectivity index (χ3n) is 4.10. The number of methoxy groups -OCH3 is 1. The van der Waals surface area contributed by atoms with E-state index in [0.29, 0.717) is 11.3 Å². The Balaban J connectivity index is 1.87. The zero-order valence-corrected chi connectivity index (χ0v) is 16.5. The Hall–Kier alpha value is -3.90. The lowest BCUT2D eigenvalue weighted by molar-refractivity contribution is 0.102. The maximum absolute atomic E-state index is 13.0. The lowest BCUT2D eigenvalue weighted by Crippen LogP contribution is -2.16. The Morgan fingerprint density at radius 1 is 1.03 bits per heavy atom. The Labute approximate surface area is 172 Å². The maximum Gasteiger partial charge on any atom is 0.262 e. The van der Waals surface area contributed by atoms with Crippen LogP contribution in [0.15, 0.2) is 71.6 Å². The van der Waals surface area contributed by atoms with Crippen LogP contribution in [0.4, 0.5) is 15.8 Å². The number of anilines is 2.